The van der Waals surface area contributed by atoms with Crippen LogP contribution in [0.15, 0.2) is 35.0 Å². The first-order chi connectivity index (χ1) is 14.1. The van der Waals surface area contributed by atoms with E-state index in [1.165, 1.54) is 11.3 Å². The summed E-state index contributed by atoms with van der Waals surface area (Å²) in [5.74, 6) is 0.00686. The minimum absolute atomic E-state index is 0.0290. The van der Waals surface area contributed by atoms with Crippen LogP contribution in [0.3, 0.4) is 0 Å². The van der Waals surface area contributed by atoms with Crippen LogP contribution >= 0.6 is 0 Å². The van der Waals surface area contributed by atoms with Gasteiger partial charge in [0.1, 0.15) is 12.3 Å². The smallest absolute Gasteiger partial charge is 0.240 e. The summed E-state index contributed by atoms with van der Waals surface area (Å²) in [6, 6.07) is 3.76. The summed E-state index contributed by atoms with van der Waals surface area (Å²) in [5, 5.41) is 2.94. The number of hydrogen-bond acceptors (Lipinski definition) is 5. The molecule has 5 atom stereocenters. The van der Waals surface area contributed by atoms with E-state index >= 15 is 0 Å². The molecule has 0 radical (unpaired) electrons. The van der Waals surface area contributed by atoms with Gasteiger partial charge in [-0.25, -0.2) is 0 Å². The van der Waals surface area contributed by atoms with E-state index in [0.29, 0.717) is 6.54 Å². The number of nitrogens with one attached hydrogen (secondary N) is 1. The molecule has 2 bridgehead atoms. The molecule has 2 saturated heterocycles. The Kier molecular flexibility index (Phi) is 4.78. The Balaban J connectivity index is 1.21. The minimum atomic E-state index is -0.291. The number of piperidine rings is 1. The predicted octanol–water partition coefficient (Wildman–Crippen LogP) is 1.73. The Morgan fingerprint density at radius 1 is 1.10 bits per heavy atom. The van der Waals surface area contributed by atoms with Gasteiger partial charge in [0.25, 0.3) is 0 Å². The standard InChI is InChI=1S/C22H27N3O4/c26-18(13-25-21(27)19-14-6-7-15(11-14)20(19)22(25)28)23-12-16(17-5-4-10-29-17)24-8-2-1-3-9-24/h4-7,10,14-16,19-20H,1-3,8-9,11-13H2,(H,23,26)/t14-,15-,16-,19-,20+/m0/s1. The minimum Gasteiger partial charge on any atom is -0.468 e. The molecule has 2 aliphatic heterocycles. The van der Waals surface area contributed by atoms with Gasteiger partial charge in [0.05, 0.1) is 24.1 Å². The number of hydrogen-bond donors (Lipinski definition) is 1. The van der Waals surface area contributed by atoms with Crippen LogP contribution in [0.1, 0.15) is 37.5 Å². The summed E-state index contributed by atoms with van der Waals surface area (Å²) in [5.41, 5.74) is 0. The highest BCUT2D eigenvalue weighted by molar-refractivity contribution is 6.08. The van der Waals surface area contributed by atoms with Gasteiger partial charge >= 0.3 is 0 Å². The summed E-state index contributed by atoms with van der Waals surface area (Å²) >= 11 is 0. The SMILES string of the molecule is O=C(CN1C(=O)[C@@H]2[C@H](C1=O)[C@H]1C=C[C@H]2C1)NC[C@@H](c1ccco1)N1CCCCC1. The summed E-state index contributed by atoms with van der Waals surface area (Å²) < 4.78 is 5.61. The zero-order chi connectivity index (χ0) is 20.0. The largest absolute Gasteiger partial charge is 0.468 e. The third-order valence-electron chi connectivity index (χ3n) is 7.06. The number of allylic oxidation sites excluding steroid dienone is 2. The molecule has 0 aromatic carbocycles. The van der Waals surface area contributed by atoms with Crippen molar-refractivity contribution in [1.29, 1.82) is 0 Å². The van der Waals surface area contributed by atoms with Gasteiger partial charge in [0, 0.05) is 6.54 Å². The van der Waals surface area contributed by atoms with E-state index in [-0.39, 0.29) is 54.0 Å². The van der Waals surface area contributed by atoms with Gasteiger partial charge in [0.2, 0.25) is 17.7 Å². The van der Waals surface area contributed by atoms with Crippen molar-refractivity contribution in [3.63, 3.8) is 0 Å². The molecule has 0 unspecified atom stereocenters. The molecule has 3 heterocycles. The molecule has 0 spiro atoms. The highest BCUT2D eigenvalue weighted by Crippen LogP contribution is 2.52. The Morgan fingerprint density at radius 3 is 2.41 bits per heavy atom. The molecule has 7 nitrogen and oxygen atoms in total. The first-order valence-electron chi connectivity index (χ1n) is 10.7. The molecule has 154 valence electrons. The topological polar surface area (TPSA) is 82.9 Å². The quantitative estimate of drug-likeness (QED) is 0.584. The van der Waals surface area contributed by atoms with Gasteiger partial charge in [0.15, 0.2) is 0 Å². The molecule has 7 heteroatoms. The second-order valence-electron chi connectivity index (χ2n) is 8.69. The lowest BCUT2D eigenvalue weighted by Gasteiger charge is -2.33. The van der Waals surface area contributed by atoms with Crippen LogP contribution in [-0.4, -0.2) is 53.7 Å². The number of carbonyl (C=O) groups is 3. The Hall–Kier alpha value is -2.41. The molecule has 3 fully saturated rings. The average Bonchev–Trinajstić information content (AvgIpc) is 3.51. The average molecular weight is 397 g/mol. The Morgan fingerprint density at radius 2 is 1.79 bits per heavy atom. The summed E-state index contributed by atoms with van der Waals surface area (Å²) in [6.07, 6.45) is 10.2. The molecule has 3 amide bonds. The number of fused-ring (bicyclic) bond motifs is 5. The van der Waals surface area contributed by atoms with Crippen molar-refractivity contribution < 1.29 is 18.8 Å². The molecule has 1 aromatic rings. The van der Waals surface area contributed by atoms with Crippen LogP contribution in [0.5, 0.6) is 0 Å². The number of rotatable bonds is 6. The van der Waals surface area contributed by atoms with Crippen molar-refractivity contribution in [3.8, 4) is 0 Å². The van der Waals surface area contributed by atoms with E-state index in [1.807, 2.05) is 12.1 Å². The second-order valence-corrected chi connectivity index (χ2v) is 8.69. The van der Waals surface area contributed by atoms with Gasteiger partial charge < -0.3 is 9.73 Å². The molecule has 29 heavy (non-hydrogen) atoms. The third kappa shape index (κ3) is 3.21. The van der Waals surface area contributed by atoms with E-state index in [4.69, 9.17) is 4.42 Å². The van der Waals surface area contributed by atoms with Gasteiger partial charge in [-0.05, 0) is 56.3 Å². The zero-order valence-electron chi connectivity index (χ0n) is 16.5. The van der Waals surface area contributed by atoms with Gasteiger partial charge in [-0.2, -0.15) is 0 Å². The van der Waals surface area contributed by atoms with E-state index < -0.39 is 0 Å². The maximum absolute atomic E-state index is 12.8. The predicted molar refractivity (Wildman–Crippen MR) is 104 cm³/mol. The van der Waals surface area contributed by atoms with Crippen LogP contribution < -0.4 is 5.32 Å². The van der Waals surface area contributed by atoms with Gasteiger partial charge in [-0.3, -0.25) is 24.2 Å². The number of furan rings is 1. The first-order valence-corrected chi connectivity index (χ1v) is 10.7. The van der Waals surface area contributed by atoms with Crippen LogP contribution in [0, 0.1) is 23.7 Å². The van der Waals surface area contributed by atoms with Crippen molar-refractivity contribution >= 4 is 17.7 Å². The van der Waals surface area contributed by atoms with Gasteiger partial charge in [-0.15, -0.1) is 0 Å². The maximum Gasteiger partial charge on any atom is 0.240 e. The highest BCUT2D eigenvalue weighted by Gasteiger charge is 2.59. The zero-order valence-corrected chi connectivity index (χ0v) is 16.5. The number of imide groups is 1. The molecule has 5 rings (SSSR count). The van der Waals surface area contributed by atoms with Crippen LogP contribution in [-0.2, 0) is 14.4 Å². The lowest BCUT2D eigenvalue weighted by molar-refractivity contribution is -0.144. The summed E-state index contributed by atoms with van der Waals surface area (Å²) in [7, 11) is 0. The molecule has 2 aliphatic carbocycles. The van der Waals surface area contributed by atoms with Crippen molar-refractivity contribution in [1.82, 2.24) is 15.1 Å². The maximum atomic E-state index is 12.8. The molecule has 1 N–H and O–H groups in total. The monoisotopic (exact) mass is 397 g/mol. The van der Waals surface area contributed by atoms with Gasteiger partial charge in [-0.1, -0.05) is 18.6 Å². The fourth-order valence-corrected chi connectivity index (χ4v) is 5.65. The summed E-state index contributed by atoms with van der Waals surface area (Å²) in [6.45, 7) is 2.17. The normalized spacial score (nSPS) is 32.1. The number of nitrogens with zero attached hydrogens (tertiary/aromatic N) is 2. The fourth-order valence-electron chi connectivity index (χ4n) is 5.65. The lowest BCUT2D eigenvalue weighted by Crippen LogP contribution is -2.45. The van der Waals surface area contributed by atoms with E-state index in [9.17, 15) is 14.4 Å². The van der Waals surface area contributed by atoms with Crippen molar-refractivity contribution in [3.05, 3.63) is 36.3 Å². The molecular formula is C22H27N3O4. The molecule has 1 saturated carbocycles. The number of amides is 3. The molecule has 4 aliphatic rings. The van der Waals surface area contributed by atoms with Crippen LogP contribution in [0.25, 0.3) is 0 Å². The fraction of sp³-hybridized carbons (Fsp3) is 0.591. The van der Waals surface area contributed by atoms with Crippen molar-refractivity contribution in [2.75, 3.05) is 26.2 Å². The third-order valence-corrected chi connectivity index (χ3v) is 7.06. The Bertz CT molecular complexity index is 797. The van der Waals surface area contributed by atoms with Crippen LogP contribution in [0.2, 0.25) is 0 Å². The van der Waals surface area contributed by atoms with E-state index in [0.717, 1.165) is 38.1 Å². The van der Waals surface area contributed by atoms with Crippen molar-refractivity contribution in [2.24, 2.45) is 23.7 Å². The number of likely N-dealkylation sites (tertiary alicyclic amines) is 2. The number of carbonyl (C=O) groups excluding carboxylic acids is 3. The first kappa shape index (κ1) is 18.6. The summed E-state index contributed by atoms with van der Waals surface area (Å²) in [4.78, 5) is 41.7. The highest BCUT2D eigenvalue weighted by atomic mass is 16.3. The van der Waals surface area contributed by atoms with E-state index in [1.54, 1.807) is 6.26 Å². The van der Waals surface area contributed by atoms with Crippen molar-refractivity contribution in [2.45, 2.75) is 31.7 Å². The van der Waals surface area contributed by atoms with E-state index in [2.05, 4.69) is 22.4 Å². The second kappa shape index (κ2) is 7.44. The lowest BCUT2D eigenvalue weighted by atomic mass is 9.85. The molecule has 1 aromatic heterocycles. The van der Waals surface area contributed by atoms with Crippen LogP contribution in [0.4, 0.5) is 0 Å². The Labute approximate surface area is 170 Å². The molecular weight excluding hydrogens is 370 g/mol.